The maximum atomic E-state index is 13.4. The lowest BCUT2D eigenvalue weighted by atomic mass is 10.2. The van der Waals surface area contributed by atoms with Crippen molar-refractivity contribution >= 4 is 22.6 Å². The van der Waals surface area contributed by atoms with Gasteiger partial charge in [0.05, 0.1) is 5.39 Å². The molecule has 0 N–H and O–H groups in total. The first-order valence-electron chi connectivity index (χ1n) is 8.94. The van der Waals surface area contributed by atoms with Crippen LogP contribution in [0.4, 0.5) is 5.69 Å². The highest BCUT2D eigenvalue weighted by molar-refractivity contribution is 6.12. The summed E-state index contributed by atoms with van der Waals surface area (Å²) in [7, 11) is 0. The Labute approximate surface area is 146 Å². The number of nitrogens with zero attached hydrogens (tertiary/aromatic N) is 4. The molecule has 0 spiro atoms. The van der Waals surface area contributed by atoms with Gasteiger partial charge >= 0.3 is 0 Å². The lowest BCUT2D eigenvalue weighted by Crippen LogP contribution is -2.34. The average Bonchev–Trinajstić information content (AvgIpc) is 3.56. The molecule has 0 bridgehead atoms. The molecule has 5 heteroatoms. The number of anilines is 1. The molecule has 2 fully saturated rings. The first kappa shape index (κ1) is 14.6. The molecule has 5 rings (SSSR count). The Bertz CT molecular complexity index is 945. The van der Waals surface area contributed by atoms with Crippen LogP contribution in [0.3, 0.4) is 0 Å². The maximum absolute atomic E-state index is 13.4. The van der Waals surface area contributed by atoms with Gasteiger partial charge in [0.15, 0.2) is 0 Å². The number of hydrogen-bond donors (Lipinski definition) is 0. The van der Waals surface area contributed by atoms with Crippen molar-refractivity contribution in [2.75, 3.05) is 4.90 Å². The van der Waals surface area contributed by atoms with E-state index in [1.165, 1.54) is 19.2 Å². The summed E-state index contributed by atoms with van der Waals surface area (Å²) in [5.74, 6) is 0.499. The van der Waals surface area contributed by atoms with Gasteiger partial charge in [0.2, 0.25) is 0 Å². The van der Waals surface area contributed by atoms with Gasteiger partial charge in [-0.3, -0.25) is 4.79 Å². The number of fused-ring (bicyclic) bond motifs is 1. The smallest absolute Gasteiger partial charge is 0.277 e. The number of aromatic nitrogens is 3. The molecule has 0 saturated heterocycles. The van der Waals surface area contributed by atoms with Crippen LogP contribution in [-0.4, -0.2) is 26.5 Å². The number of para-hydroxylation sites is 1. The van der Waals surface area contributed by atoms with Gasteiger partial charge in [-0.05, 0) is 43.4 Å². The van der Waals surface area contributed by atoms with Gasteiger partial charge in [-0.15, -0.1) is 0 Å². The van der Waals surface area contributed by atoms with Crippen LogP contribution in [0, 0.1) is 5.92 Å². The van der Waals surface area contributed by atoms with E-state index in [9.17, 15) is 4.79 Å². The molecular formula is C20H20N4O. The fraction of sp³-hybridized carbons (Fsp3) is 0.350. The molecular weight excluding hydrogens is 312 g/mol. The van der Waals surface area contributed by atoms with E-state index in [1.807, 2.05) is 47.5 Å². The van der Waals surface area contributed by atoms with Gasteiger partial charge in [-0.25, -0.2) is 9.97 Å². The summed E-state index contributed by atoms with van der Waals surface area (Å²) >= 11 is 0. The summed E-state index contributed by atoms with van der Waals surface area (Å²) in [6, 6.07) is 12.7. The molecule has 25 heavy (non-hydrogen) atoms. The maximum Gasteiger partial charge on any atom is 0.277 e. The lowest BCUT2D eigenvalue weighted by molar-refractivity contribution is 0.0981. The number of benzene rings is 1. The predicted octanol–water partition coefficient (Wildman–Crippen LogP) is 3.82. The zero-order chi connectivity index (χ0) is 17.0. The van der Waals surface area contributed by atoms with E-state index in [4.69, 9.17) is 0 Å². The Morgan fingerprint density at radius 2 is 1.92 bits per heavy atom. The number of amides is 1. The summed E-state index contributed by atoms with van der Waals surface area (Å²) in [6.45, 7) is 2.19. The van der Waals surface area contributed by atoms with E-state index in [1.54, 1.807) is 0 Å². The molecule has 2 unspecified atom stereocenters. The van der Waals surface area contributed by atoms with Crippen LogP contribution in [0.5, 0.6) is 0 Å². The summed E-state index contributed by atoms with van der Waals surface area (Å²) in [4.78, 5) is 24.1. The molecule has 0 aliphatic heterocycles. The van der Waals surface area contributed by atoms with Crippen LogP contribution in [0.15, 0.2) is 48.9 Å². The number of rotatable bonds is 4. The van der Waals surface area contributed by atoms with E-state index in [-0.39, 0.29) is 11.9 Å². The topological polar surface area (TPSA) is 51.0 Å². The van der Waals surface area contributed by atoms with Gasteiger partial charge in [0, 0.05) is 24.0 Å². The minimum atomic E-state index is -0.0264. The van der Waals surface area contributed by atoms with Crippen molar-refractivity contribution in [2.24, 2.45) is 5.92 Å². The second-order valence-corrected chi connectivity index (χ2v) is 7.20. The van der Waals surface area contributed by atoms with Crippen LogP contribution in [0.1, 0.15) is 42.7 Å². The van der Waals surface area contributed by atoms with Gasteiger partial charge in [0.25, 0.3) is 5.91 Å². The molecule has 3 aromatic rings. The van der Waals surface area contributed by atoms with Gasteiger partial charge < -0.3 is 9.47 Å². The fourth-order valence-corrected chi connectivity index (χ4v) is 3.61. The summed E-state index contributed by atoms with van der Waals surface area (Å²) < 4.78 is 2.18. The van der Waals surface area contributed by atoms with Crippen LogP contribution < -0.4 is 4.90 Å². The van der Waals surface area contributed by atoms with Crippen LogP contribution in [0.2, 0.25) is 0 Å². The quantitative estimate of drug-likeness (QED) is 0.730. The summed E-state index contributed by atoms with van der Waals surface area (Å²) in [6.07, 6.45) is 6.98. The standard InChI is InChI=1S/C20H20N4O/c1-13-11-17(13)24(15-5-3-2-4-6-15)20(25)18-16-9-10-23(14-7-8-14)19(16)22-12-21-18/h2-6,9-10,12-14,17H,7-8,11H2,1H3. The van der Waals surface area contributed by atoms with Gasteiger partial charge in [0.1, 0.15) is 17.7 Å². The first-order valence-corrected chi connectivity index (χ1v) is 8.94. The van der Waals surface area contributed by atoms with Crippen molar-refractivity contribution in [1.29, 1.82) is 0 Å². The molecule has 2 saturated carbocycles. The van der Waals surface area contributed by atoms with Crippen molar-refractivity contribution < 1.29 is 4.79 Å². The number of carbonyl (C=O) groups excluding carboxylic acids is 1. The summed E-state index contributed by atoms with van der Waals surface area (Å²) in [5, 5.41) is 0.855. The van der Waals surface area contributed by atoms with E-state index in [2.05, 4.69) is 21.5 Å². The molecule has 2 atom stereocenters. The predicted molar refractivity (Wildman–Crippen MR) is 96.6 cm³/mol. The molecule has 126 valence electrons. The third-order valence-electron chi connectivity index (χ3n) is 5.30. The fourth-order valence-electron chi connectivity index (χ4n) is 3.61. The lowest BCUT2D eigenvalue weighted by Gasteiger charge is -2.23. The second kappa shape index (κ2) is 5.41. The van der Waals surface area contributed by atoms with E-state index >= 15 is 0 Å². The van der Waals surface area contributed by atoms with Crippen molar-refractivity contribution in [2.45, 2.75) is 38.3 Å². The Morgan fingerprint density at radius 3 is 2.60 bits per heavy atom. The third-order valence-corrected chi connectivity index (χ3v) is 5.30. The molecule has 2 aliphatic carbocycles. The average molecular weight is 332 g/mol. The van der Waals surface area contributed by atoms with Crippen LogP contribution in [0.25, 0.3) is 11.0 Å². The number of carbonyl (C=O) groups is 1. The van der Waals surface area contributed by atoms with Crippen molar-refractivity contribution in [3.63, 3.8) is 0 Å². The first-order chi connectivity index (χ1) is 12.2. The summed E-state index contributed by atoms with van der Waals surface area (Å²) in [5.41, 5.74) is 2.32. The van der Waals surface area contributed by atoms with E-state index < -0.39 is 0 Å². The molecule has 0 radical (unpaired) electrons. The monoisotopic (exact) mass is 332 g/mol. The highest BCUT2D eigenvalue weighted by atomic mass is 16.2. The van der Waals surface area contributed by atoms with Crippen LogP contribution in [-0.2, 0) is 0 Å². The Balaban J connectivity index is 1.59. The molecule has 2 aromatic heterocycles. The SMILES string of the molecule is CC1CC1N(C(=O)c1ncnc2c1ccn2C1CC1)c1ccccc1. The zero-order valence-electron chi connectivity index (χ0n) is 14.2. The largest absolute Gasteiger partial charge is 0.329 e. The van der Waals surface area contributed by atoms with Gasteiger partial charge in [-0.1, -0.05) is 25.1 Å². The van der Waals surface area contributed by atoms with Crippen LogP contribution >= 0.6 is 0 Å². The minimum Gasteiger partial charge on any atom is -0.329 e. The molecule has 1 amide bonds. The second-order valence-electron chi connectivity index (χ2n) is 7.20. The van der Waals surface area contributed by atoms with E-state index in [0.29, 0.717) is 17.7 Å². The van der Waals surface area contributed by atoms with Crippen molar-refractivity contribution in [1.82, 2.24) is 14.5 Å². The van der Waals surface area contributed by atoms with E-state index in [0.717, 1.165) is 23.1 Å². The van der Waals surface area contributed by atoms with Crippen molar-refractivity contribution in [3.05, 3.63) is 54.6 Å². The Kier molecular flexibility index (Phi) is 3.17. The molecule has 1 aromatic carbocycles. The van der Waals surface area contributed by atoms with Crippen molar-refractivity contribution in [3.8, 4) is 0 Å². The number of hydrogen-bond acceptors (Lipinski definition) is 3. The Hall–Kier alpha value is -2.69. The van der Waals surface area contributed by atoms with Gasteiger partial charge in [-0.2, -0.15) is 0 Å². The third kappa shape index (κ3) is 2.42. The molecule has 2 heterocycles. The molecule has 2 aliphatic rings. The highest BCUT2D eigenvalue weighted by Crippen LogP contribution is 2.40. The minimum absolute atomic E-state index is 0.0264. The normalized spacial score (nSPS) is 22.1. The highest BCUT2D eigenvalue weighted by Gasteiger charge is 2.42. The zero-order valence-corrected chi connectivity index (χ0v) is 14.2. The Morgan fingerprint density at radius 1 is 1.16 bits per heavy atom. The molecule has 5 nitrogen and oxygen atoms in total.